The van der Waals surface area contributed by atoms with Crippen LogP contribution in [0.4, 0.5) is 5.69 Å². The fourth-order valence-electron chi connectivity index (χ4n) is 4.99. The van der Waals surface area contributed by atoms with Crippen molar-refractivity contribution in [1.29, 1.82) is 0 Å². The Bertz CT molecular complexity index is 1180. The van der Waals surface area contributed by atoms with Gasteiger partial charge in [-0.2, -0.15) is 0 Å². The van der Waals surface area contributed by atoms with Crippen LogP contribution in [0.15, 0.2) is 54.6 Å². The number of esters is 1. The number of fused-ring (bicyclic) bond motifs is 6. The van der Waals surface area contributed by atoms with Crippen molar-refractivity contribution in [2.75, 3.05) is 18.0 Å². The minimum absolute atomic E-state index is 0.294. The predicted octanol–water partition coefficient (Wildman–Crippen LogP) is 5.72. The molecule has 5 rings (SSSR count). The molecule has 152 valence electrons. The Labute approximate surface area is 177 Å². The second-order valence-corrected chi connectivity index (χ2v) is 8.03. The van der Waals surface area contributed by atoms with Crippen LogP contribution in [0.2, 0.25) is 0 Å². The van der Waals surface area contributed by atoms with Gasteiger partial charge in [-0.15, -0.1) is 0 Å². The lowest BCUT2D eigenvalue weighted by atomic mass is 9.75. The van der Waals surface area contributed by atoms with Crippen molar-refractivity contribution < 1.29 is 14.3 Å². The number of anilines is 1. The van der Waals surface area contributed by atoms with Crippen LogP contribution in [0.3, 0.4) is 0 Å². The fraction of sp³-hybridized carbons (Fsp3) is 0.269. The van der Waals surface area contributed by atoms with Crippen LogP contribution >= 0.6 is 0 Å². The van der Waals surface area contributed by atoms with Crippen LogP contribution in [0.5, 0.6) is 11.5 Å². The van der Waals surface area contributed by atoms with Gasteiger partial charge >= 0.3 is 5.97 Å². The van der Waals surface area contributed by atoms with E-state index >= 15 is 0 Å². The average Bonchev–Trinajstić information content (AvgIpc) is 3.01. The zero-order valence-corrected chi connectivity index (χ0v) is 17.8. The molecule has 0 saturated carbocycles. The highest BCUT2D eigenvalue weighted by Gasteiger charge is 2.54. The van der Waals surface area contributed by atoms with Crippen LogP contribution < -0.4 is 9.64 Å². The number of carbonyl (C=O) groups is 1. The predicted molar refractivity (Wildman–Crippen MR) is 118 cm³/mol. The summed E-state index contributed by atoms with van der Waals surface area (Å²) in [6, 6.07) is 18.1. The molecule has 1 atom stereocenters. The van der Waals surface area contributed by atoms with Gasteiger partial charge in [-0.05, 0) is 63.1 Å². The molecule has 0 radical (unpaired) electrons. The Morgan fingerprint density at radius 2 is 1.67 bits per heavy atom. The molecule has 2 aliphatic rings. The summed E-state index contributed by atoms with van der Waals surface area (Å²) in [5.41, 5.74) is 5.55. The molecule has 0 N–H and O–H groups in total. The number of ether oxygens (including phenoxy) is 2. The summed E-state index contributed by atoms with van der Waals surface area (Å²) in [5, 5.41) is 0. The Morgan fingerprint density at radius 3 is 2.43 bits per heavy atom. The van der Waals surface area contributed by atoms with E-state index in [1.165, 1.54) is 0 Å². The number of nitrogens with zero attached hydrogens (tertiary/aromatic N) is 1. The Balaban J connectivity index is 1.84. The molecule has 0 amide bonds. The number of rotatable bonds is 3. The van der Waals surface area contributed by atoms with Crippen molar-refractivity contribution in [3.8, 4) is 11.5 Å². The molecule has 4 nitrogen and oxygen atoms in total. The van der Waals surface area contributed by atoms with Gasteiger partial charge in [0.05, 0.1) is 11.1 Å². The number of carbonyl (C=O) groups excluding carboxylic acids is 1. The normalized spacial score (nSPS) is 18.3. The SMILES string of the molecule is CCN(CC)c1ccc2c(c1)Oc1cc(C)cc(C)c1[C@]21OC(=O)c2ccccc21. The largest absolute Gasteiger partial charge is 0.456 e. The molecule has 2 aliphatic heterocycles. The van der Waals surface area contributed by atoms with Crippen molar-refractivity contribution in [3.05, 3.63) is 88.0 Å². The molecule has 1 spiro atoms. The van der Waals surface area contributed by atoms with Crippen molar-refractivity contribution in [2.24, 2.45) is 0 Å². The molecule has 0 unspecified atom stereocenters. The number of hydrogen-bond acceptors (Lipinski definition) is 4. The van der Waals surface area contributed by atoms with Gasteiger partial charge in [-0.1, -0.05) is 24.3 Å². The third-order valence-electron chi connectivity index (χ3n) is 6.26. The summed E-state index contributed by atoms with van der Waals surface area (Å²) in [6.45, 7) is 10.2. The minimum Gasteiger partial charge on any atom is -0.456 e. The summed E-state index contributed by atoms with van der Waals surface area (Å²) in [7, 11) is 0. The molecule has 0 aromatic heterocycles. The number of benzene rings is 3. The first-order valence-corrected chi connectivity index (χ1v) is 10.5. The summed E-state index contributed by atoms with van der Waals surface area (Å²) in [6.07, 6.45) is 0. The van der Waals surface area contributed by atoms with Crippen molar-refractivity contribution >= 4 is 11.7 Å². The maximum atomic E-state index is 12.9. The van der Waals surface area contributed by atoms with Gasteiger partial charge in [0.1, 0.15) is 11.5 Å². The smallest absolute Gasteiger partial charge is 0.340 e. The summed E-state index contributed by atoms with van der Waals surface area (Å²) < 4.78 is 12.7. The van der Waals surface area contributed by atoms with Gasteiger partial charge in [-0.3, -0.25) is 0 Å². The Hall–Kier alpha value is -3.27. The van der Waals surface area contributed by atoms with Crippen LogP contribution in [-0.4, -0.2) is 19.1 Å². The van der Waals surface area contributed by atoms with Gasteiger partial charge in [0.15, 0.2) is 5.60 Å². The average molecular weight is 399 g/mol. The third kappa shape index (κ3) is 2.43. The van der Waals surface area contributed by atoms with Crippen LogP contribution in [0.25, 0.3) is 0 Å². The lowest BCUT2D eigenvalue weighted by Gasteiger charge is -2.38. The lowest BCUT2D eigenvalue weighted by Crippen LogP contribution is -2.34. The van der Waals surface area contributed by atoms with Crippen molar-refractivity contribution in [3.63, 3.8) is 0 Å². The van der Waals surface area contributed by atoms with Crippen LogP contribution in [-0.2, 0) is 10.3 Å². The van der Waals surface area contributed by atoms with E-state index in [0.717, 1.165) is 58.1 Å². The highest BCUT2D eigenvalue weighted by atomic mass is 16.6. The highest BCUT2D eigenvalue weighted by molar-refractivity contribution is 5.97. The molecule has 0 saturated heterocycles. The van der Waals surface area contributed by atoms with E-state index in [4.69, 9.17) is 9.47 Å². The van der Waals surface area contributed by atoms with Gasteiger partial charge in [-0.25, -0.2) is 4.79 Å². The number of hydrogen-bond donors (Lipinski definition) is 0. The van der Waals surface area contributed by atoms with E-state index in [-0.39, 0.29) is 5.97 Å². The van der Waals surface area contributed by atoms with Gasteiger partial charge in [0.2, 0.25) is 0 Å². The van der Waals surface area contributed by atoms with Crippen LogP contribution in [0.1, 0.15) is 52.0 Å². The molecular formula is C26H25NO3. The molecule has 2 heterocycles. The molecule has 0 bridgehead atoms. The summed E-state index contributed by atoms with van der Waals surface area (Å²) >= 11 is 0. The van der Waals surface area contributed by atoms with E-state index in [0.29, 0.717) is 5.56 Å². The standard InChI is InChI=1S/C26H25NO3/c1-5-27(6-2)18-11-12-21-22(15-18)29-23-14-16(3)13-17(4)24(23)26(21)20-10-8-7-9-19(20)25(28)30-26/h7-15H,5-6H2,1-4H3/t26-/m1/s1. The number of aryl methyl sites for hydroxylation is 2. The van der Waals surface area contributed by atoms with E-state index in [2.05, 4.69) is 56.9 Å². The van der Waals surface area contributed by atoms with Crippen molar-refractivity contribution in [2.45, 2.75) is 33.3 Å². The second kappa shape index (κ2) is 6.63. The molecule has 0 aliphatic carbocycles. The molecule has 4 heteroatoms. The monoisotopic (exact) mass is 399 g/mol. The second-order valence-electron chi connectivity index (χ2n) is 8.03. The summed E-state index contributed by atoms with van der Waals surface area (Å²) in [4.78, 5) is 15.2. The van der Waals surface area contributed by atoms with Crippen LogP contribution in [0, 0.1) is 13.8 Å². The van der Waals surface area contributed by atoms with Gasteiger partial charge in [0.25, 0.3) is 0 Å². The topological polar surface area (TPSA) is 38.8 Å². The van der Waals surface area contributed by atoms with E-state index < -0.39 is 5.60 Å². The Morgan fingerprint density at radius 1 is 0.900 bits per heavy atom. The highest BCUT2D eigenvalue weighted by Crippen LogP contribution is 2.57. The molecule has 3 aromatic carbocycles. The third-order valence-corrected chi connectivity index (χ3v) is 6.26. The lowest BCUT2D eigenvalue weighted by molar-refractivity contribution is 0.0222. The molecular weight excluding hydrogens is 374 g/mol. The first kappa shape index (κ1) is 18.7. The van der Waals surface area contributed by atoms with Crippen molar-refractivity contribution in [1.82, 2.24) is 0 Å². The van der Waals surface area contributed by atoms with E-state index in [9.17, 15) is 4.79 Å². The van der Waals surface area contributed by atoms with E-state index in [1.54, 1.807) is 0 Å². The maximum absolute atomic E-state index is 12.9. The van der Waals surface area contributed by atoms with Gasteiger partial charge < -0.3 is 14.4 Å². The minimum atomic E-state index is -0.990. The zero-order chi connectivity index (χ0) is 21.0. The zero-order valence-electron chi connectivity index (χ0n) is 17.8. The van der Waals surface area contributed by atoms with E-state index in [1.807, 2.05) is 30.3 Å². The maximum Gasteiger partial charge on any atom is 0.340 e. The first-order chi connectivity index (χ1) is 14.5. The Kier molecular flexibility index (Phi) is 4.14. The molecule has 30 heavy (non-hydrogen) atoms. The first-order valence-electron chi connectivity index (χ1n) is 10.5. The fourth-order valence-corrected chi connectivity index (χ4v) is 4.99. The van der Waals surface area contributed by atoms with Gasteiger partial charge in [0, 0.05) is 36.0 Å². The molecule has 0 fully saturated rings. The quantitative estimate of drug-likeness (QED) is 0.528. The summed E-state index contributed by atoms with van der Waals surface area (Å²) in [5.74, 6) is 1.19. The molecule has 3 aromatic rings.